The highest BCUT2D eigenvalue weighted by Gasteiger charge is 2.15. The molecular weight excluding hydrogens is 405 g/mol. The lowest BCUT2D eigenvalue weighted by Crippen LogP contribution is -2.13. The van der Waals surface area contributed by atoms with Gasteiger partial charge in [-0.1, -0.05) is 11.6 Å². The standard InChI is InChI=1S/C15H13ClINO3/c1-20-13-7-11(12(17)8-14(13)21-2)15(19)18-10-5-3-9(16)4-6-10/h3-8H,1-2H3,(H,18,19). The first-order valence-corrected chi connectivity index (χ1v) is 7.49. The molecule has 2 aromatic rings. The summed E-state index contributed by atoms with van der Waals surface area (Å²) in [4.78, 5) is 12.3. The number of hydrogen-bond donors (Lipinski definition) is 1. The zero-order chi connectivity index (χ0) is 15.4. The second-order valence-electron chi connectivity index (χ2n) is 4.15. The van der Waals surface area contributed by atoms with Gasteiger partial charge >= 0.3 is 0 Å². The van der Waals surface area contributed by atoms with Crippen molar-refractivity contribution in [1.29, 1.82) is 0 Å². The van der Waals surface area contributed by atoms with Gasteiger partial charge in [-0.15, -0.1) is 0 Å². The van der Waals surface area contributed by atoms with Crippen molar-refractivity contribution in [3.05, 3.63) is 50.6 Å². The van der Waals surface area contributed by atoms with E-state index in [1.54, 1.807) is 43.5 Å². The Morgan fingerprint density at radius 1 is 1.10 bits per heavy atom. The first-order valence-electron chi connectivity index (χ1n) is 6.03. The molecule has 0 bridgehead atoms. The summed E-state index contributed by atoms with van der Waals surface area (Å²) in [5.74, 6) is 0.881. The monoisotopic (exact) mass is 417 g/mol. The molecule has 1 N–H and O–H groups in total. The Hall–Kier alpha value is -1.47. The molecule has 0 aliphatic carbocycles. The van der Waals surface area contributed by atoms with E-state index in [1.807, 2.05) is 0 Å². The first kappa shape index (κ1) is 15.9. The maximum Gasteiger partial charge on any atom is 0.256 e. The number of amides is 1. The summed E-state index contributed by atoms with van der Waals surface area (Å²) >= 11 is 7.91. The summed E-state index contributed by atoms with van der Waals surface area (Å²) in [6.45, 7) is 0. The highest BCUT2D eigenvalue weighted by atomic mass is 127. The molecule has 0 saturated heterocycles. The molecule has 0 aliphatic heterocycles. The Labute approximate surface area is 141 Å². The maximum absolute atomic E-state index is 12.3. The topological polar surface area (TPSA) is 47.6 Å². The van der Waals surface area contributed by atoms with E-state index in [0.717, 1.165) is 3.57 Å². The molecule has 2 rings (SSSR count). The van der Waals surface area contributed by atoms with Crippen molar-refractivity contribution in [2.45, 2.75) is 0 Å². The Morgan fingerprint density at radius 3 is 2.24 bits per heavy atom. The van der Waals surface area contributed by atoms with Crippen LogP contribution in [0.2, 0.25) is 5.02 Å². The molecule has 2 aromatic carbocycles. The van der Waals surface area contributed by atoms with E-state index in [-0.39, 0.29) is 5.91 Å². The fourth-order valence-corrected chi connectivity index (χ4v) is 2.57. The van der Waals surface area contributed by atoms with Gasteiger partial charge < -0.3 is 14.8 Å². The summed E-state index contributed by atoms with van der Waals surface area (Å²) in [5.41, 5.74) is 1.19. The van der Waals surface area contributed by atoms with Crippen molar-refractivity contribution in [3.63, 3.8) is 0 Å². The van der Waals surface area contributed by atoms with E-state index in [0.29, 0.717) is 27.8 Å². The summed E-state index contributed by atoms with van der Waals surface area (Å²) in [5, 5.41) is 3.44. The fourth-order valence-electron chi connectivity index (χ4n) is 1.76. The fraction of sp³-hybridized carbons (Fsp3) is 0.133. The SMILES string of the molecule is COc1cc(I)c(C(=O)Nc2ccc(Cl)cc2)cc1OC. The van der Waals surface area contributed by atoms with Gasteiger partial charge in [0.15, 0.2) is 11.5 Å². The van der Waals surface area contributed by atoms with Crippen LogP contribution in [0.25, 0.3) is 0 Å². The average molecular weight is 418 g/mol. The van der Waals surface area contributed by atoms with E-state index >= 15 is 0 Å². The number of nitrogens with one attached hydrogen (secondary N) is 1. The van der Waals surface area contributed by atoms with Crippen molar-refractivity contribution >= 4 is 45.8 Å². The molecule has 110 valence electrons. The van der Waals surface area contributed by atoms with Gasteiger partial charge in [-0.05, 0) is 59.0 Å². The van der Waals surface area contributed by atoms with Gasteiger partial charge in [-0.3, -0.25) is 4.79 Å². The number of methoxy groups -OCH3 is 2. The predicted octanol–water partition coefficient (Wildman–Crippen LogP) is 4.21. The van der Waals surface area contributed by atoms with Crippen LogP contribution >= 0.6 is 34.2 Å². The van der Waals surface area contributed by atoms with E-state index in [4.69, 9.17) is 21.1 Å². The van der Waals surface area contributed by atoms with Gasteiger partial charge in [0.05, 0.1) is 19.8 Å². The van der Waals surface area contributed by atoms with Gasteiger partial charge in [0.25, 0.3) is 5.91 Å². The molecule has 0 unspecified atom stereocenters. The molecule has 0 fully saturated rings. The van der Waals surface area contributed by atoms with Gasteiger partial charge in [0.1, 0.15) is 0 Å². The minimum absolute atomic E-state index is 0.220. The van der Waals surface area contributed by atoms with E-state index in [9.17, 15) is 4.79 Å². The first-order chi connectivity index (χ1) is 10.0. The Balaban J connectivity index is 2.28. The molecule has 6 heteroatoms. The molecule has 4 nitrogen and oxygen atoms in total. The van der Waals surface area contributed by atoms with Gasteiger partial charge in [-0.25, -0.2) is 0 Å². The number of halogens is 2. The number of benzene rings is 2. The minimum Gasteiger partial charge on any atom is -0.493 e. The molecule has 0 aromatic heterocycles. The van der Waals surface area contributed by atoms with Crippen molar-refractivity contribution in [3.8, 4) is 11.5 Å². The van der Waals surface area contributed by atoms with Gasteiger partial charge in [0, 0.05) is 14.3 Å². The highest BCUT2D eigenvalue weighted by molar-refractivity contribution is 14.1. The third kappa shape index (κ3) is 3.79. The zero-order valence-electron chi connectivity index (χ0n) is 11.4. The van der Waals surface area contributed by atoms with Crippen LogP contribution in [0.15, 0.2) is 36.4 Å². The van der Waals surface area contributed by atoms with Crippen LogP contribution in [0.1, 0.15) is 10.4 Å². The largest absolute Gasteiger partial charge is 0.493 e. The molecule has 0 saturated carbocycles. The summed E-state index contributed by atoms with van der Waals surface area (Å²) in [6.07, 6.45) is 0. The van der Waals surface area contributed by atoms with Crippen molar-refractivity contribution < 1.29 is 14.3 Å². The zero-order valence-corrected chi connectivity index (χ0v) is 14.4. The lowest BCUT2D eigenvalue weighted by molar-refractivity contribution is 0.102. The number of hydrogen-bond acceptors (Lipinski definition) is 3. The van der Waals surface area contributed by atoms with Crippen LogP contribution < -0.4 is 14.8 Å². The third-order valence-electron chi connectivity index (χ3n) is 2.82. The minimum atomic E-state index is -0.220. The van der Waals surface area contributed by atoms with Crippen LogP contribution in [-0.4, -0.2) is 20.1 Å². The number of carbonyl (C=O) groups excluding carboxylic acids is 1. The average Bonchev–Trinajstić information content (AvgIpc) is 2.49. The summed E-state index contributed by atoms with van der Waals surface area (Å²) in [6, 6.07) is 10.3. The van der Waals surface area contributed by atoms with Crippen LogP contribution in [0.5, 0.6) is 11.5 Å². The highest BCUT2D eigenvalue weighted by Crippen LogP contribution is 2.31. The summed E-state index contributed by atoms with van der Waals surface area (Å²) < 4.78 is 11.2. The Morgan fingerprint density at radius 2 is 1.67 bits per heavy atom. The second kappa shape index (κ2) is 7.00. The van der Waals surface area contributed by atoms with Crippen molar-refractivity contribution in [1.82, 2.24) is 0 Å². The Bertz CT molecular complexity index is 659. The quantitative estimate of drug-likeness (QED) is 0.758. The van der Waals surface area contributed by atoms with Crippen molar-refractivity contribution in [2.24, 2.45) is 0 Å². The smallest absolute Gasteiger partial charge is 0.256 e. The van der Waals surface area contributed by atoms with Crippen LogP contribution in [0, 0.1) is 3.57 Å². The second-order valence-corrected chi connectivity index (χ2v) is 5.75. The molecule has 0 aliphatic rings. The van der Waals surface area contributed by atoms with Gasteiger partial charge in [-0.2, -0.15) is 0 Å². The summed E-state index contributed by atoms with van der Waals surface area (Å²) in [7, 11) is 3.09. The Kier molecular flexibility index (Phi) is 5.30. The van der Waals surface area contributed by atoms with Crippen molar-refractivity contribution in [2.75, 3.05) is 19.5 Å². The molecule has 0 radical (unpaired) electrons. The maximum atomic E-state index is 12.3. The van der Waals surface area contributed by atoms with E-state index in [1.165, 1.54) is 7.11 Å². The number of carbonyl (C=O) groups is 1. The van der Waals surface area contributed by atoms with Crippen LogP contribution in [0.4, 0.5) is 5.69 Å². The molecular formula is C15H13ClINO3. The predicted molar refractivity (Wildman–Crippen MR) is 91.7 cm³/mol. The molecule has 21 heavy (non-hydrogen) atoms. The molecule has 0 atom stereocenters. The number of ether oxygens (including phenoxy) is 2. The van der Waals surface area contributed by atoms with Crippen LogP contribution in [-0.2, 0) is 0 Å². The lowest BCUT2D eigenvalue weighted by Gasteiger charge is -2.12. The van der Waals surface area contributed by atoms with Crippen LogP contribution in [0.3, 0.4) is 0 Å². The van der Waals surface area contributed by atoms with E-state index in [2.05, 4.69) is 27.9 Å². The van der Waals surface area contributed by atoms with Gasteiger partial charge in [0.2, 0.25) is 0 Å². The normalized spacial score (nSPS) is 10.1. The molecule has 0 spiro atoms. The third-order valence-corrected chi connectivity index (χ3v) is 3.96. The van der Waals surface area contributed by atoms with E-state index < -0.39 is 0 Å². The number of rotatable bonds is 4. The lowest BCUT2D eigenvalue weighted by atomic mass is 10.2. The molecule has 0 heterocycles. The molecule has 1 amide bonds. The number of anilines is 1.